The molecule has 0 saturated carbocycles. The van der Waals surface area contributed by atoms with Crippen LogP contribution in [-0.2, 0) is 0 Å². The molecular weight excluding hydrogens is 500 g/mol. The molecule has 0 aromatic heterocycles. The number of fused-ring (bicyclic) bond motifs is 1. The van der Waals surface area contributed by atoms with Gasteiger partial charge in [0.15, 0.2) is 11.6 Å². The van der Waals surface area contributed by atoms with Crippen LogP contribution in [0.15, 0.2) is 103 Å². The van der Waals surface area contributed by atoms with Crippen molar-refractivity contribution in [2.24, 2.45) is 5.92 Å². The third-order valence-electron chi connectivity index (χ3n) is 6.95. The first-order chi connectivity index (χ1) is 18.8. The van der Waals surface area contributed by atoms with Crippen molar-refractivity contribution in [3.63, 3.8) is 0 Å². The summed E-state index contributed by atoms with van der Waals surface area (Å²) in [6.07, 6.45) is -0.0379. The quantitative estimate of drug-likeness (QED) is 0.196. The van der Waals surface area contributed by atoms with E-state index in [4.69, 9.17) is 0 Å². The fraction of sp³-hybridized carbons (Fsp3) is 0.125. The summed E-state index contributed by atoms with van der Waals surface area (Å²) in [5.41, 5.74) is 1.58. The van der Waals surface area contributed by atoms with Crippen LogP contribution in [0.2, 0.25) is 0 Å². The number of carbonyl (C=O) groups excluding carboxylic acids is 4. The van der Waals surface area contributed by atoms with E-state index in [1.54, 1.807) is 54.6 Å². The second-order valence-corrected chi connectivity index (χ2v) is 9.40. The van der Waals surface area contributed by atoms with E-state index in [2.05, 4.69) is 0 Å². The first-order valence-electron chi connectivity index (χ1n) is 12.4. The fourth-order valence-electron chi connectivity index (χ4n) is 4.92. The summed E-state index contributed by atoms with van der Waals surface area (Å²) in [5, 5.41) is 0. The lowest BCUT2D eigenvalue weighted by Crippen LogP contribution is -2.38. The summed E-state index contributed by atoms with van der Waals surface area (Å²) in [4.78, 5) is 54.8. The Morgan fingerprint density at radius 2 is 1.08 bits per heavy atom. The number of amides is 2. The molecule has 0 fully saturated rings. The van der Waals surface area contributed by atoms with Gasteiger partial charge in [0.05, 0.1) is 11.1 Å². The zero-order valence-corrected chi connectivity index (χ0v) is 20.7. The zero-order valence-electron chi connectivity index (χ0n) is 20.7. The Labute approximate surface area is 223 Å². The van der Waals surface area contributed by atoms with Crippen LogP contribution in [0.5, 0.6) is 0 Å². The van der Waals surface area contributed by atoms with Crippen molar-refractivity contribution in [3.8, 4) is 0 Å². The first kappa shape index (κ1) is 25.9. The Hall–Kier alpha value is -4.78. The minimum Gasteiger partial charge on any atom is -0.294 e. The SMILES string of the molecule is O=C(c1ccc(F)cc1)C(CC(C(=O)c1ccc(F)cc1)c1ccccc1)CN1C(=O)c2ccccc2C1=O. The van der Waals surface area contributed by atoms with Gasteiger partial charge >= 0.3 is 0 Å². The molecule has 5 nitrogen and oxygen atoms in total. The molecular formula is C32H23F2NO4. The molecule has 0 N–H and O–H groups in total. The minimum absolute atomic E-state index is 0.0379. The Morgan fingerprint density at radius 3 is 1.59 bits per heavy atom. The predicted molar refractivity (Wildman–Crippen MR) is 141 cm³/mol. The van der Waals surface area contributed by atoms with Gasteiger partial charge in [-0.3, -0.25) is 24.1 Å². The number of nitrogens with zero attached hydrogens (tertiary/aromatic N) is 1. The number of halogens is 2. The van der Waals surface area contributed by atoms with Crippen LogP contribution >= 0.6 is 0 Å². The molecule has 0 saturated heterocycles. The smallest absolute Gasteiger partial charge is 0.261 e. The Bertz CT molecular complexity index is 1510. The maximum absolute atomic E-state index is 13.8. The maximum atomic E-state index is 13.8. The van der Waals surface area contributed by atoms with Gasteiger partial charge in [-0.1, -0.05) is 42.5 Å². The second-order valence-electron chi connectivity index (χ2n) is 9.40. The summed E-state index contributed by atoms with van der Waals surface area (Å²) in [7, 11) is 0. The van der Waals surface area contributed by atoms with Crippen molar-refractivity contribution in [1.29, 1.82) is 0 Å². The highest BCUT2D eigenvalue weighted by molar-refractivity contribution is 6.21. The molecule has 2 atom stereocenters. The summed E-state index contributed by atoms with van der Waals surface area (Å²) in [5.74, 6) is -4.62. The van der Waals surface area contributed by atoms with E-state index in [0.717, 1.165) is 17.0 Å². The molecule has 0 spiro atoms. The zero-order chi connectivity index (χ0) is 27.5. The molecule has 1 aliphatic rings. The normalized spacial score (nSPS) is 14.2. The molecule has 0 aliphatic carbocycles. The van der Waals surface area contributed by atoms with E-state index in [9.17, 15) is 28.0 Å². The first-order valence-corrected chi connectivity index (χ1v) is 12.4. The van der Waals surface area contributed by atoms with E-state index >= 15 is 0 Å². The Morgan fingerprint density at radius 1 is 0.615 bits per heavy atom. The number of hydrogen-bond acceptors (Lipinski definition) is 4. The lowest BCUT2D eigenvalue weighted by Gasteiger charge is -2.26. The van der Waals surface area contributed by atoms with E-state index < -0.39 is 41.1 Å². The van der Waals surface area contributed by atoms with Gasteiger partial charge in [0, 0.05) is 29.5 Å². The van der Waals surface area contributed by atoms with E-state index in [1.807, 2.05) is 0 Å². The number of imide groups is 1. The van der Waals surface area contributed by atoms with Crippen LogP contribution in [0.3, 0.4) is 0 Å². The molecule has 0 radical (unpaired) electrons. The molecule has 4 aromatic carbocycles. The molecule has 194 valence electrons. The third kappa shape index (κ3) is 5.29. The molecule has 2 unspecified atom stereocenters. The highest BCUT2D eigenvalue weighted by Gasteiger charge is 2.39. The largest absolute Gasteiger partial charge is 0.294 e. The van der Waals surface area contributed by atoms with Gasteiger partial charge in [-0.25, -0.2) is 8.78 Å². The third-order valence-corrected chi connectivity index (χ3v) is 6.95. The van der Waals surface area contributed by atoms with Crippen molar-refractivity contribution >= 4 is 23.4 Å². The van der Waals surface area contributed by atoms with Gasteiger partial charge in [-0.2, -0.15) is 0 Å². The van der Waals surface area contributed by atoms with Gasteiger partial charge in [-0.15, -0.1) is 0 Å². The van der Waals surface area contributed by atoms with Gasteiger partial charge in [0.25, 0.3) is 11.8 Å². The van der Waals surface area contributed by atoms with Gasteiger partial charge in [0.2, 0.25) is 0 Å². The Kier molecular flexibility index (Phi) is 7.23. The molecule has 39 heavy (non-hydrogen) atoms. The lowest BCUT2D eigenvalue weighted by molar-refractivity contribution is 0.0612. The fourth-order valence-corrected chi connectivity index (χ4v) is 4.92. The van der Waals surface area contributed by atoms with Crippen LogP contribution in [0.25, 0.3) is 0 Å². The van der Waals surface area contributed by atoms with Crippen molar-refractivity contribution in [2.45, 2.75) is 12.3 Å². The number of hydrogen-bond donors (Lipinski definition) is 0. The van der Waals surface area contributed by atoms with Crippen LogP contribution < -0.4 is 0 Å². The average molecular weight is 524 g/mol. The highest BCUT2D eigenvalue weighted by Crippen LogP contribution is 2.32. The number of Topliss-reactive ketones (excluding diaryl/α,β-unsaturated/α-hetero) is 2. The van der Waals surface area contributed by atoms with Crippen molar-refractivity contribution in [1.82, 2.24) is 4.90 Å². The number of carbonyl (C=O) groups is 4. The topological polar surface area (TPSA) is 71.5 Å². The highest BCUT2D eigenvalue weighted by atomic mass is 19.1. The van der Waals surface area contributed by atoms with Crippen LogP contribution in [0.4, 0.5) is 8.78 Å². The molecule has 0 bridgehead atoms. The van der Waals surface area contributed by atoms with E-state index in [0.29, 0.717) is 5.56 Å². The average Bonchev–Trinajstić information content (AvgIpc) is 3.20. The van der Waals surface area contributed by atoms with Crippen molar-refractivity contribution < 1.29 is 28.0 Å². The van der Waals surface area contributed by atoms with Crippen molar-refractivity contribution in [2.75, 3.05) is 6.54 Å². The lowest BCUT2D eigenvalue weighted by atomic mass is 9.80. The maximum Gasteiger partial charge on any atom is 0.261 e. The summed E-state index contributed by atoms with van der Waals surface area (Å²) in [6.45, 7) is -0.261. The minimum atomic E-state index is -0.979. The molecule has 2 amide bonds. The van der Waals surface area contributed by atoms with E-state index in [-0.39, 0.29) is 41.0 Å². The second kappa shape index (κ2) is 10.9. The summed E-state index contributed by atoms with van der Waals surface area (Å²) in [6, 6.07) is 25.4. The number of rotatable bonds is 9. The predicted octanol–water partition coefficient (Wildman–Crippen LogP) is 6.12. The number of ketones is 2. The Balaban J connectivity index is 1.53. The number of benzene rings is 4. The van der Waals surface area contributed by atoms with Crippen molar-refractivity contribution in [3.05, 3.63) is 143 Å². The summed E-state index contributed by atoms with van der Waals surface area (Å²) < 4.78 is 27.2. The summed E-state index contributed by atoms with van der Waals surface area (Å²) >= 11 is 0. The van der Waals surface area contributed by atoms with E-state index in [1.165, 1.54) is 36.4 Å². The molecule has 1 heterocycles. The van der Waals surface area contributed by atoms with Gasteiger partial charge < -0.3 is 0 Å². The molecule has 1 aliphatic heterocycles. The van der Waals surface area contributed by atoms with Gasteiger partial charge in [0.1, 0.15) is 11.6 Å². The monoisotopic (exact) mass is 523 g/mol. The van der Waals surface area contributed by atoms with Gasteiger partial charge in [-0.05, 0) is 72.6 Å². The molecule has 5 rings (SSSR count). The standard InChI is InChI=1S/C32H23F2NO4/c33-24-14-10-21(11-15-24)29(36)23(19-35-31(38)26-8-4-5-9-27(26)32(35)39)18-28(20-6-2-1-3-7-20)30(37)22-12-16-25(34)17-13-22/h1-17,23,28H,18-19H2. The molecule has 7 heteroatoms. The van der Waals surface area contributed by atoms with Crippen LogP contribution in [-0.4, -0.2) is 34.8 Å². The van der Waals surface area contributed by atoms with Crippen LogP contribution in [0.1, 0.15) is 59.3 Å². The molecule has 4 aromatic rings. The van der Waals surface area contributed by atoms with Crippen LogP contribution in [0, 0.1) is 17.6 Å².